The zero-order valence-corrected chi connectivity index (χ0v) is 19.3. The molecule has 0 spiro atoms. The fourth-order valence-electron chi connectivity index (χ4n) is 3.91. The number of nitrogens with one attached hydrogen (secondary N) is 2. The van der Waals surface area contributed by atoms with Crippen LogP contribution in [0, 0.1) is 0 Å². The Hall–Kier alpha value is -3.17. The third-order valence-electron chi connectivity index (χ3n) is 5.55. The number of hydrogen-bond acceptors (Lipinski definition) is 6. The molecular formula is C24H27N3O5S. The molecule has 0 fully saturated rings. The zero-order valence-electron chi connectivity index (χ0n) is 18.5. The monoisotopic (exact) mass is 469 g/mol. The van der Waals surface area contributed by atoms with Gasteiger partial charge >= 0.3 is 0 Å². The lowest BCUT2D eigenvalue weighted by molar-refractivity contribution is 0.0948. The van der Waals surface area contributed by atoms with E-state index in [1.807, 2.05) is 0 Å². The van der Waals surface area contributed by atoms with Crippen molar-refractivity contribution in [3.05, 3.63) is 74.4 Å². The number of methoxy groups -OCH3 is 1. The Bertz CT molecular complexity index is 1190. The number of hydrogen-bond donors (Lipinski definition) is 2. The van der Waals surface area contributed by atoms with Crippen LogP contribution < -0.4 is 16.2 Å². The molecule has 174 valence electrons. The summed E-state index contributed by atoms with van der Waals surface area (Å²) in [6.45, 7) is 1.31. The number of carbonyl (C=O) groups excluding carboxylic acids is 2. The molecule has 9 heteroatoms. The minimum absolute atomic E-state index is 0.131. The van der Waals surface area contributed by atoms with Gasteiger partial charge in [-0.3, -0.25) is 14.4 Å². The predicted molar refractivity (Wildman–Crippen MR) is 126 cm³/mol. The minimum atomic E-state index is -0.423. The molecule has 4 rings (SSSR count). The van der Waals surface area contributed by atoms with Crippen molar-refractivity contribution < 1.29 is 18.7 Å². The van der Waals surface area contributed by atoms with Crippen LogP contribution in [0.3, 0.4) is 0 Å². The molecule has 2 amide bonds. The topological polar surface area (TPSA) is 103 Å². The maximum Gasteiger partial charge on any atom is 0.291 e. The van der Waals surface area contributed by atoms with E-state index in [9.17, 15) is 14.4 Å². The number of carbonyl (C=O) groups is 2. The number of aryl methyl sites for hydroxylation is 1. The molecule has 3 aromatic rings. The first-order chi connectivity index (χ1) is 16.1. The molecule has 8 nitrogen and oxygen atoms in total. The van der Waals surface area contributed by atoms with Crippen molar-refractivity contribution in [1.29, 1.82) is 0 Å². The molecule has 3 heterocycles. The Labute approximate surface area is 195 Å². The second kappa shape index (κ2) is 10.6. The predicted octanol–water partition coefficient (Wildman–Crippen LogP) is 3.45. The van der Waals surface area contributed by atoms with E-state index in [-0.39, 0.29) is 23.8 Å². The van der Waals surface area contributed by atoms with Crippen molar-refractivity contribution in [2.24, 2.45) is 0 Å². The number of ether oxygens (including phenoxy) is 1. The van der Waals surface area contributed by atoms with E-state index < -0.39 is 5.91 Å². The van der Waals surface area contributed by atoms with Gasteiger partial charge in [0.15, 0.2) is 5.76 Å². The zero-order chi connectivity index (χ0) is 23.2. The maximum absolute atomic E-state index is 13.0. The summed E-state index contributed by atoms with van der Waals surface area (Å²) < 4.78 is 12.2. The van der Waals surface area contributed by atoms with Crippen molar-refractivity contribution in [2.45, 2.75) is 38.6 Å². The number of fused-ring (bicyclic) bond motifs is 1. The molecule has 0 radical (unpaired) electrons. The lowest BCUT2D eigenvalue weighted by Crippen LogP contribution is -2.27. The summed E-state index contributed by atoms with van der Waals surface area (Å²) in [4.78, 5) is 39.0. The van der Waals surface area contributed by atoms with E-state index in [2.05, 4.69) is 10.6 Å². The minimum Gasteiger partial charge on any atom is -0.454 e. The summed E-state index contributed by atoms with van der Waals surface area (Å²) in [5.41, 5.74) is 1.45. The molecule has 1 aliphatic rings. The van der Waals surface area contributed by atoms with E-state index in [4.69, 9.17) is 9.15 Å². The average Bonchev–Trinajstić information content (AvgIpc) is 3.42. The summed E-state index contributed by atoms with van der Waals surface area (Å²) in [5, 5.41) is 6.38. The third-order valence-corrected chi connectivity index (χ3v) is 6.75. The van der Waals surface area contributed by atoms with Crippen LogP contribution >= 0.6 is 11.3 Å². The highest BCUT2D eigenvalue weighted by atomic mass is 32.1. The molecule has 33 heavy (non-hydrogen) atoms. The van der Waals surface area contributed by atoms with Crippen LogP contribution in [-0.2, 0) is 24.1 Å². The Balaban J connectivity index is 1.50. The quantitative estimate of drug-likeness (QED) is 0.468. The summed E-state index contributed by atoms with van der Waals surface area (Å²) in [6, 6.07) is 8.16. The van der Waals surface area contributed by atoms with E-state index in [1.165, 1.54) is 22.0 Å². The summed E-state index contributed by atoms with van der Waals surface area (Å²) in [5.74, 6) is 0.0277. The van der Waals surface area contributed by atoms with Crippen LogP contribution in [0.2, 0.25) is 0 Å². The smallest absolute Gasteiger partial charge is 0.291 e. The first kappa shape index (κ1) is 23.0. The molecule has 0 atom stereocenters. The van der Waals surface area contributed by atoms with Crippen molar-refractivity contribution in [3.8, 4) is 0 Å². The van der Waals surface area contributed by atoms with Crippen LogP contribution in [-0.4, -0.2) is 36.6 Å². The summed E-state index contributed by atoms with van der Waals surface area (Å²) in [6.07, 6.45) is 6.24. The molecule has 2 N–H and O–H groups in total. The van der Waals surface area contributed by atoms with Gasteiger partial charge in [-0.15, -0.1) is 11.3 Å². The van der Waals surface area contributed by atoms with Crippen molar-refractivity contribution in [2.75, 3.05) is 25.6 Å². The van der Waals surface area contributed by atoms with Gasteiger partial charge in [0.25, 0.3) is 17.4 Å². The van der Waals surface area contributed by atoms with E-state index in [0.717, 1.165) is 42.5 Å². The van der Waals surface area contributed by atoms with Crippen molar-refractivity contribution >= 4 is 28.2 Å². The van der Waals surface area contributed by atoms with Crippen LogP contribution in [0.5, 0.6) is 0 Å². The number of anilines is 1. The first-order valence-electron chi connectivity index (χ1n) is 11.0. The van der Waals surface area contributed by atoms with Gasteiger partial charge in [0, 0.05) is 37.4 Å². The van der Waals surface area contributed by atoms with Gasteiger partial charge in [-0.2, -0.15) is 0 Å². The fourth-order valence-corrected chi connectivity index (χ4v) is 5.19. The molecule has 0 saturated heterocycles. The van der Waals surface area contributed by atoms with Gasteiger partial charge in [0.2, 0.25) is 0 Å². The van der Waals surface area contributed by atoms with Crippen LogP contribution in [0.4, 0.5) is 5.00 Å². The number of furan rings is 1. The molecule has 0 saturated carbocycles. The Morgan fingerprint density at radius 2 is 2.00 bits per heavy atom. The number of nitrogens with zero attached hydrogens (tertiary/aromatic N) is 1. The first-order valence-corrected chi connectivity index (χ1v) is 11.9. The van der Waals surface area contributed by atoms with E-state index >= 15 is 0 Å². The summed E-state index contributed by atoms with van der Waals surface area (Å²) >= 11 is 1.46. The van der Waals surface area contributed by atoms with Gasteiger partial charge in [-0.1, -0.05) is 6.07 Å². The summed E-state index contributed by atoms with van der Waals surface area (Å²) in [7, 11) is 1.63. The van der Waals surface area contributed by atoms with Crippen LogP contribution in [0.15, 0.2) is 45.7 Å². The number of rotatable bonds is 9. The second-order valence-corrected chi connectivity index (χ2v) is 9.01. The van der Waals surface area contributed by atoms with Crippen LogP contribution in [0.1, 0.15) is 56.4 Å². The SMILES string of the molecule is COCCCNC(=O)c1c(NC(=O)c2ccc(Cn3ccccc3=O)o2)sc2c1CCCC2. The van der Waals surface area contributed by atoms with Gasteiger partial charge in [0.1, 0.15) is 10.8 Å². The Morgan fingerprint density at radius 3 is 2.82 bits per heavy atom. The Kier molecular flexibility index (Phi) is 7.41. The van der Waals surface area contributed by atoms with Crippen LogP contribution in [0.25, 0.3) is 0 Å². The highest BCUT2D eigenvalue weighted by Gasteiger charge is 2.27. The van der Waals surface area contributed by atoms with Crippen molar-refractivity contribution in [3.63, 3.8) is 0 Å². The molecule has 3 aromatic heterocycles. The normalized spacial score (nSPS) is 12.9. The molecule has 1 aliphatic carbocycles. The highest BCUT2D eigenvalue weighted by Crippen LogP contribution is 2.38. The standard InChI is InChI=1S/C24H27N3O5S/c1-31-14-6-12-25-23(30)21-17-7-2-3-8-19(17)33-24(21)26-22(29)18-11-10-16(32-18)15-27-13-5-4-9-20(27)28/h4-5,9-11,13H,2-3,6-8,12,14-15H2,1H3,(H,25,30)(H,26,29). The molecule has 0 aliphatic heterocycles. The van der Waals surface area contributed by atoms with Crippen molar-refractivity contribution in [1.82, 2.24) is 9.88 Å². The fraction of sp³-hybridized carbons (Fsp3) is 0.375. The number of aromatic nitrogens is 1. The molecule has 0 bridgehead atoms. The molecular weight excluding hydrogens is 442 g/mol. The van der Waals surface area contributed by atoms with Gasteiger partial charge in [0.05, 0.1) is 12.1 Å². The molecule has 0 unspecified atom stereocenters. The lowest BCUT2D eigenvalue weighted by Gasteiger charge is -2.13. The number of amides is 2. The number of pyridine rings is 1. The van der Waals surface area contributed by atoms with E-state index in [1.54, 1.807) is 37.6 Å². The molecule has 0 aromatic carbocycles. The van der Waals surface area contributed by atoms with Gasteiger partial charge in [-0.25, -0.2) is 0 Å². The third kappa shape index (κ3) is 5.43. The van der Waals surface area contributed by atoms with E-state index in [0.29, 0.717) is 29.5 Å². The largest absolute Gasteiger partial charge is 0.454 e. The maximum atomic E-state index is 13.0. The second-order valence-electron chi connectivity index (χ2n) is 7.90. The Morgan fingerprint density at radius 1 is 1.15 bits per heavy atom. The van der Waals surface area contributed by atoms with Gasteiger partial charge in [-0.05, 0) is 55.9 Å². The van der Waals surface area contributed by atoms with Gasteiger partial charge < -0.3 is 24.4 Å². The highest BCUT2D eigenvalue weighted by molar-refractivity contribution is 7.17. The number of thiophene rings is 1. The lowest BCUT2D eigenvalue weighted by atomic mass is 9.95. The average molecular weight is 470 g/mol.